The van der Waals surface area contributed by atoms with Crippen LogP contribution in [0.1, 0.15) is 15.9 Å². The molecule has 0 aliphatic carbocycles. The van der Waals surface area contributed by atoms with E-state index in [4.69, 9.17) is 33.0 Å². The summed E-state index contributed by atoms with van der Waals surface area (Å²) in [6.07, 6.45) is 1.40. The molecule has 6 heteroatoms. The van der Waals surface area contributed by atoms with Gasteiger partial charge < -0.3 is 9.84 Å². The van der Waals surface area contributed by atoms with E-state index in [1.54, 1.807) is 13.0 Å². The van der Waals surface area contributed by atoms with Crippen molar-refractivity contribution in [1.29, 1.82) is 0 Å². The van der Waals surface area contributed by atoms with Gasteiger partial charge in [-0.1, -0.05) is 29.3 Å². The number of aromatic nitrogens is 1. The van der Waals surface area contributed by atoms with E-state index < -0.39 is 5.97 Å². The molecule has 1 aromatic carbocycles. The monoisotopic (exact) mass is 297 g/mol. The van der Waals surface area contributed by atoms with Gasteiger partial charge in [-0.25, -0.2) is 9.78 Å². The molecule has 0 radical (unpaired) electrons. The fraction of sp³-hybridized carbons (Fsp3) is 0.0769. The lowest BCUT2D eigenvalue weighted by atomic mass is 10.1. The van der Waals surface area contributed by atoms with Crippen LogP contribution in [0.2, 0.25) is 10.0 Å². The van der Waals surface area contributed by atoms with Crippen LogP contribution >= 0.6 is 23.2 Å². The van der Waals surface area contributed by atoms with Gasteiger partial charge in [0.2, 0.25) is 5.88 Å². The lowest BCUT2D eigenvalue weighted by molar-refractivity contribution is 0.0696. The number of aromatic carboxylic acids is 1. The first-order valence-corrected chi connectivity index (χ1v) is 6.06. The molecule has 0 saturated heterocycles. The number of carboxylic acid groups (broad SMARTS) is 1. The van der Waals surface area contributed by atoms with Gasteiger partial charge in [0.25, 0.3) is 0 Å². The summed E-state index contributed by atoms with van der Waals surface area (Å²) in [6.45, 7) is 1.80. The Balaban J connectivity index is 2.37. The minimum Gasteiger partial charge on any atom is -0.478 e. The van der Waals surface area contributed by atoms with E-state index in [2.05, 4.69) is 4.98 Å². The number of carbonyl (C=O) groups is 1. The molecule has 0 aliphatic heterocycles. The number of pyridine rings is 1. The van der Waals surface area contributed by atoms with Gasteiger partial charge in [-0.05, 0) is 30.7 Å². The van der Waals surface area contributed by atoms with Crippen LogP contribution in [-0.2, 0) is 0 Å². The van der Waals surface area contributed by atoms with Crippen molar-refractivity contribution in [1.82, 2.24) is 4.98 Å². The van der Waals surface area contributed by atoms with Gasteiger partial charge in [0.15, 0.2) is 0 Å². The summed E-state index contributed by atoms with van der Waals surface area (Å²) in [7, 11) is 0. The highest BCUT2D eigenvalue weighted by Crippen LogP contribution is 2.31. The fourth-order valence-corrected chi connectivity index (χ4v) is 1.84. The first-order chi connectivity index (χ1) is 8.97. The van der Waals surface area contributed by atoms with E-state index in [0.29, 0.717) is 10.8 Å². The zero-order valence-electron chi connectivity index (χ0n) is 9.85. The van der Waals surface area contributed by atoms with E-state index in [-0.39, 0.29) is 16.5 Å². The van der Waals surface area contributed by atoms with Gasteiger partial charge >= 0.3 is 5.97 Å². The Morgan fingerprint density at radius 1 is 1.32 bits per heavy atom. The first kappa shape index (κ1) is 13.6. The standard InChI is InChI=1S/C13H9Cl2NO3/c1-7-2-3-8(13(17)18)4-11(7)19-12-10(15)5-9(14)6-16-12/h2-6H,1H3,(H,17,18). The molecular weight excluding hydrogens is 289 g/mol. The van der Waals surface area contributed by atoms with Gasteiger partial charge in [0, 0.05) is 6.20 Å². The van der Waals surface area contributed by atoms with Crippen LogP contribution in [0, 0.1) is 6.92 Å². The first-order valence-electron chi connectivity index (χ1n) is 5.30. The Morgan fingerprint density at radius 3 is 2.68 bits per heavy atom. The Morgan fingerprint density at radius 2 is 2.05 bits per heavy atom. The third-order valence-electron chi connectivity index (χ3n) is 2.42. The van der Waals surface area contributed by atoms with Crippen LogP contribution in [-0.4, -0.2) is 16.1 Å². The number of rotatable bonds is 3. The maximum atomic E-state index is 10.9. The molecule has 19 heavy (non-hydrogen) atoms. The van der Waals surface area contributed by atoms with Crippen molar-refractivity contribution in [2.75, 3.05) is 0 Å². The predicted octanol–water partition coefficient (Wildman–Crippen LogP) is 4.19. The summed E-state index contributed by atoms with van der Waals surface area (Å²) >= 11 is 11.7. The Bertz CT molecular complexity index is 644. The smallest absolute Gasteiger partial charge is 0.335 e. The molecule has 2 aromatic rings. The molecule has 0 bridgehead atoms. The molecule has 1 heterocycles. The quantitative estimate of drug-likeness (QED) is 0.923. The van der Waals surface area contributed by atoms with Crippen LogP contribution in [0.3, 0.4) is 0 Å². The number of hydrogen-bond donors (Lipinski definition) is 1. The van der Waals surface area contributed by atoms with Crippen molar-refractivity contribution >= 4 is 29.2 Å². The van der Waals surface area contributed by atoms with Crippen molar-refractivity contribution in [2.45, 2.75) is 6.92 Å². The summed E-state index contributed by atoms with van der Waals surface area (Å²) in [4.78, 5) is 14.9. The summed E-state index contributed by atoms with van der Waals surface area (Å²) in [6, 6.07) is 6.08. The number of aryl methyl sites for hydroxylation is 1. The van der Waals surface area contributed by atoms with Gasteiger partial charge in [0.05, 0.1) is 10.6 Å². The molecule has 2 rings (SSSR count). The second-order valence-corrected chi connectivity index (χ2v) is 4.67. The number of hydrogen-bond acceptors (Lipinski definition) is 3. The van der Waals surface area contributed by atoms with Gasteiger partial charge in [-0.2, -0.15) is 0 Å². The summed E-state index contributed by atoms with van der Waals surface area (Å²) in [5, 5.41) is 9.60. The molecule has 0 fully saturated rings. The number of halogens is 2. The lowest BCUT2D eigenvalue weighted by Gasteiger charge is -2.09. The molecule has 0 aliphatic rings. The van der Waals surface area contributed by atoms with E-state index in [0.717, 1.165) is 5.56 Å². The highest BCUT2D eigenvalue weighted by molar-refractivity contribution is 6.35. The van der Waals surface area contributed by atoms with Crippen molar-refractivity contribution in [3.8, 4) is 11.6 Å². The second-order valence-electron chi connectivity index (χ2n) is 3.83. The molecule has 1 N–H and O–H groups in total. The van der Waals surface area contributed by atoms with Gasteiger partial charge in [-0.3, -0.25) is 0 Å². The number of carboxylic acids is 1. The van der Waals surface area contributed by atoms with Gasteiger partial charge in [-0.15, -0.1) is 0 Å². The topological polar surface area (TPSA) is 59.4 Å². The van der Waals surface area contributed by atoms with Crippen LogP contribution < -0.4 is 4.74 Å². The summed E-state index contributed by atoms with van der Waals surface area (Å²) in [5.41, 5.74) is 0.906. The minimum absolute atomic E-state index is 0.130. The highest BCUT2D eigenvalue weighted by Gasteiger charge is 2.11. The predicted molar refractivity (Wildman–Crippen MR) is 72.5 cm³/mol. The summed E-state index contributed by atoms with van der Waals surface area (Å²) < 4.78 is 5.52. The lowest BCUT2D eigenvalue weighted by Crippen LogP contribution is -1.98. The van der Waals surface area contributed by atoms with E-state index in [1.807, 2.05) is 0 Å². The fourth-order valence-electron chi connectivity index (χ4n) is 1.42. The van der Waals surface area contributed by atoms with E-state index in [9.17, 15) is 4.79 Å². The zero-order valence-corrected chi connectivity index (χ0v) is 11.4. The number of ether oxygens (including phenoxy) is 1. The maximum Gasteiger partial charge on any atom is 0.335 e. The van der Waals surface area contributed by atoms with E-state index >= 15 is 0 Å². The minimum atomic E-state index is -1.03. The molecule has 0 amide bonds. The zero-order chi connectivity index (χ0) is 14.0. The van der Waals surface area contributed by atoms with Crippen LogP contribution in [0.25, 0.3) is 0 Å². The molecule has 98 valence electrons. The molecule has 0 saturated carbocycles. The SMILES string of the molecule is Cc1ccc(C(=O)O)cc1Oc1ncc(Cl)cc1Cl. The Kier molecular flexibility index (Phi) is 3.93. The molecule has 1 aromatic heterocycles. The van der Waals surface area contributed by atoms with Crippen molar-refractivity contribution < 1.29 is 14.6 Å². The average molecular weight is 298 g/mol. The molecule has 4 nitrogen and oxygen atoms in total. The number of nitrogens with zero attached hydrogens (tertiary/aromatic N) is 1. The van der Waals surface area contributed by atoms with Crippen molar-refractivity contribution in [3.63, 3.8) is 0 Å². The van der Waals surface area contributed by atoms with Gasteiger partial charge in [0.1, 0.15) is 10.8 Å². The Hall–Kier alpha value is -1.78. The third kappa shape index (κ3) is 3.16. The molecule has 0 atom stereocenters. The maximum absolute atomic E-state index is 10.9. The number of benzene rings is 1. The van der Waals surface area contributed by atoms with Crippen LogP contribution in [0.5, 0.6) is 11.6 Å². The normalized spacial score (nSPS) is 10.3. The average Bonchev–Trinajstić information content (AvgIpc) is 2.34. The molecule has 0 spiro atoms. The van der Waals surface area contributed by atoms with Crippen molar-refractivity contribution in [3.05, 3.63) is 51.6 Å². The highest BCUT2D eigenvalue weighted by atomic mass is 35.5. The largest absolute Gasteiger partial charge is 0.478 e. The summed E-state index contributed by atoms with van der Waals surface area (Å²) in [5.74, 6) is -0.464. The second kappa shape index (κ2) is 5.47. The molecule has 0 unspecified atom stereocenters. The van der Waals surface area contributed by atoms with E-state index in [1.165, 1.54) is 24.4 Å². The van der Waals surface area contributed by atoms with Crippen LogP contribution in [0.15, 0.2) is 30.5 Å². The van der Waals surface area contributed by atoms with Crippen molar-refractivity contribution in [2.24, 2.45) is 0 Å². The van der Waals surface area contributed by atoms with Crippen LogP contribution in [0.4, 0.5) is 0 Å². The molecular formula is C13H9Cl2NO3. The Labute approximate surface area is 119 Å². The third-order valence-corrected chi connectivity index (χ3v) is 2.89.